The van der Waals surface area contributed by atoms with E-state index in [1.165, 1.54) is 0 Å². The van der Waals surface area contributed by atoms with E-state index in [0.29, 0.717) is 40.4 Å². The molecule has 0 atom stereocenters. The minimum absolute atomic E-state index is 0.112. The summed E-state index contributed by atoms with van der Waals surface area (Å²) in [6.45, 7) is 13.1. The molecule has 0 fully saturated rings. The van der Waals surface area contributed by atoms with Crippen molar-refractivity contribution >= 4 is 23.4 Å². The molecule has 0 spiro atoms. The lowest BCUT2D eigenvalue weighted by Gasteiger charge is -2.21. The fourth-order valence-corrected chi connectivity index (χ4v) is 5.18. The Morgan fingerprint density at radius 1 is 0.524 bits per heavy atom. The summed E-state index contributed by atoms with van der Waals surface area (Å²) in [7, 11) is 0. The summed E-state index contributed by atoms with van der Waals surface area (Å²) in [5.74, 6) is 3.00. The molecule has 42 heavy (non-hydrogen) atoms. The van der Waals surface area contributed by atoms with E-state index >= 15 is 0 Å². The van der Waals surface area contributed by atoms with Crippen LogP contribution in [0.25, 0.3) is 69.0 Å². The van der Waals surface area contributed by atoms with Crippen molar-refractivity contribution in [2.24, 2.45) is 5.41 Å². The van der Waals surface area contributed by atoms with Crippen LogP contribution >= 0.6 is 0 Å². The minimum Gasteiger partial charge on any atom is -0.326 e. The molecular weight excluding hydrogens is 520 g/mol. The second-order valence-electron chi connectivity index (χ2n) is 12.8. The van der Waals surface area contributed by atoms with Crippen LogP contribution in [0.1, 0.15) is 52.9 Å². The number of nitrogens with zero attached hydrogens (tertiary/aromatic N) is 6. The highest BCUT2D eigenvalue weighted by Crippen LogP contribution is 2.37. The van der Waals surface area contributed by atoms with Gasteiger partial charge in [0, 0.05) is 22.3 Å². The molecule has 0 radical (unpaired) electrons. The number of hydrogen-bond acceptors (Lipinski definition) is 6. The largest absolute Gasteiger partial charge is 0.326 e. The van der Waals surface area contributed by atoms with Gasteiger partial charge in [-0.2, -0.15) is 0 Å². The number of aromatic nitrogens is 8. The fourth-order valence-electron chi connectivity index (χ4n) is 5.18. The number of aromatic amines is 2. The minimum atomic E-state index is -0.121. The summed E-state index contributed by atoms with van der Waals surface area (Å²) in [5, 5.41) is 0. The molecule has 3 aliphatic rings. The van der Waals surface area contributed by atoms with Crippen molar-refractivity contribution in [2.75, 3.05) is 0 Å². The molecule has 0 unspecified atom stereocenters. The molecular formula is C34H32N8. The van der Waals surface area contributed by atoms with Crippen molar-refractivity contribution in [1.82, 2.24) is 39.9 Å². The Kier molecular flexibility index (Phi) is 5.73. The van der Waals surface area contributed by atoms with Crippen molar-refractivity contribution in [3.63, 3.8) is 0 Å². The Balaban J connectivity index is 1.65. The molecule has 2 aromatic carbocycles. The van der Waals surface area contributed by atoms with Crippen molar-refractivity contribution < 1.29 is 0 Å². The lowest BCUT2D eigenvalue weighted by atomic mass is 9.85. The Labute approximate surface area is 244 Å². The van der Waals surface area contributed by atoms with Crippen LogP contribution in [-0.2, 0) is 5.41 Å². The topological polar surface area (TPSA) is 109 Å². The van der Waals surface area contributed by atoms with Crippen LogP contribution in [0.2, 0.25) is 0 Å². The van der Waals surface area contributed by atoms with Gasteiger partial charge in [0.25, 0.3) is 0 Å². The third kappa shape index (κ3) is 4.68. The van der Waals surface area contributed by atoms with Crippen molar-refractivity contribution in [3.8, 4) is 45.6 Å². The Bertz CT molecular complexity index is 2060. The van der Waals surface area contributed by atoms with Crippen LogP contribution in [0.3, 0.4) is 0 Å². The summed E-state index contributed by atoms with van der Waals surface area (Å²) < 4.78 is 0. The highest BCUT2D eigenvalue weighted by Gasteiger charge is 2.23. The van der Waals surface area contributed by atoms with Gasteiger partial charge in [-0.15, -0.1) is 0 Å². The molecule has 0 aliphatic carbocycles. The van der Waals surface area contributed by atoms with Crippen LogP contribution in [0.5, 0.6) is 0 Å². The van der Waals surface area contributed by atoms with Gasteiger partial charge < -0.3 is 9.97 Å². The monoisotopic (exact) mass is 552 g/mol. The first kappa shape index (κ1) is 26.0. The van der Waals surface area contributed by atoms with Crippen molar-refractivity contribution in [3.05, 3.63) is 83.1 Å². The molecule has 0 saturated carbocycles. The van der Waals surface area contributed by atoms with Gasteiger partial charge in [-0.05, 0) is 46.3 Å². The maximum atomic E-state index is 5.02. The predicted octanol–water partition coefficient (Wildman–Crippen LogP) is 6.77. The summed E-state index contributed by atoms with van der Waals surface area (Å²) in [4.78, 5) is 36.7. The lowest BCUT2D eigenvalue weighted by Crippen LogP contribution is -2.20. The summed E-state index contributed by atoms with van der Waals surface area (Å²) in [5.41, 5.74) is 7.69. The molecule has 0 saturated heterocycles. The van der Waals surface area contributed by atoms with Crippen LogP contribution in [0.15, 0.2) is 66.2 Å². The molecule has 8 heteroatoms. The van der Waals surface area contributed by atoms with Crippen LogP contribution in [0.4, 0.5) is 0 Å². The SMILES string of the molecule is CC(C)(C)C1=Cc2nc3nc(nc4nc(nc5cc(C(C)(C)C)cc(n5)[nH]c([nH]2)=C1)-c1ccccc1-4)-c1ccccc1-3. The Morgan fingerprint density at radius 2 is 1.05 bits per heavy atom. The first-order chi connectivity index (χ1) is 20.0. The average Bonchev–Trinajstić information content (AvgIpc) is 3.45. The van der Waals surface area contributed by atoms with Gasteiger partial charge in [-0.1, -0.05) is 90.1 Å². The first-order valence-corrected chi connectivity index (χ1v) is 14.1. The molecule has 5 heterocycles. The van der Waals surface area contributed by atoms with E-state index in [4.69, 9.17) is 29.9 Å². The lowest BCUT2D eigenvalue weighted by molar-refractivity contribution is 0.525. The highest BCUT2D eigenvalue weighted by atomic mass is 15.1. The maximum absolute atomic E-state index is 5.02. The van der Waals surface area contributed by atoms with E-state index in [1.54, 1.807) is 0 Å². The third-order valence-corrected chi connectivity index (χ3v) is 7.56. The van der Waals surface area contributed by atoms with Gasteiger partial charge in [0.15, 0.2) is 28.9 Å². The Morgan fingerprint density at radius 3 is 1.57 bits per heavy atom. The van der Waals surface area contributed by atoms with E-state index in [2.05, 4.69) is 69.7 Å². The van der Waals surface area contributed by atoms with Gasteiger partial charge in [0.2, 0.25) is 0 Å². The van der Waals surface area contributed by atoms with Crippen LogP contribution in [0, 0.1) is 5.41 Å². The zero-order valence-electron chi connectivity index (χ0n) is 24.6. The van der Waals surface area contributed by atoms with E-state index in [-0.39, 0.29) is 10.8 Å². The molecule has 0 amide bonds. The molecule has 8 nitrogen and oxygen atoms in total. The molecule has 208 valence electrons. The average molecular weight is 553 g/mol. The molecule has 8 bridgehead atoms. The highest BCUT2D eigenvalue weighted by molar-refractivity contribution is 5.85. The first-order valence-electron chi connectivity index (χ1n) is 14.1. The van der Waals surface area contributed by atoms with Crippen molar-refractivity contribution in [2.45, 2.75) is 47.0 Å². The number of hydrogen-bond donors (Lipinski definition) is 2. The zero-order chi connectivity index (χ0) is 29.2. The van der Waals surface area contributed by atoms with Gasteiger partial charge >= 0.3 is 0 Å². The van der Waals surface area contributed by atoms with Crippen molar-refractivity contribution in [1.29, 1.82) is 0 Å². The van der Waals surface area contributed by atoms with E-state index in [9.17, 15) is 0 Å². The molecule has 4 aromatic rings. The third-order valence-electron chi connectivity index (χ3n) is 7.56. The quantitative estimate of drug-likeness (QED) is 0.215. The number of fused-ring (bicyclic) bond motifs is 14. The number of benzene rings is 2. The second kappa shape index (κ2) is 9.27. The number of H-pyrrole nitrogens is 2. The normalized spacial score (nSPS) is 13.3. The smallest absolute Gasteiger partial charge is 0.164 e. The van der Waals surface area contributed by atoms with Gasteiger partial charge in [-0.25, -0.2) is 29.9 Å². The summed E-state index contributed by atoms with van der Waals surface area (Å²) in [6.07, 6.45) is 4.19. The molecule has 7 rings (SSSR count). The van der Waals surface area contributed by atoms with Gasteiger partial charge in [0.1, 0.15) is 17.0 Å². The predicted molar refractivity (Wildman–Crippen MR) is 167 cm³/mol. The molecule has 3 aliphatic heterocycles. The number of rotatable bonds is 0. The second-order valence-corrected chi connectivity index (χ2v) is 12.8. The standard InChI is InChI=1S/C34H32N8/c1-33(2,3)19-15-25-35-26-16-20(34(4,5)6)18-28(37-26)39-30-22-12-8-10-14-24(22)32(41-30)42-31-23-13-9-7-11-21(23)29(40-31)38-27(17-19)36-25/h7-18H,1-6H3,(H2,35,36,37,38,39,40,41,42). The van der Waals surface area contributed by atoms with E-state index < -0.39 is 0 Å². The molecule has 2 N–H and O–H groups in total. The number of pyridine rings is 1. The van der Waals surface area contributed by atoms with Gasteiger partial charge in [-0.3, -0.25) is 0 Å². The summed E-state index contributed by atoms with van der Waals surface area (Å²) >= 11 is 0. The zero-order valence-corrected chi connectivity index (χ0v) is 24.6. The van der Waals surface area contributed by atoms with E-state index in [0.717, 1.165) is 38.9 Å². The maximum Gasteiger partial charge on any atom is 0.164 e. The summed E-state index contributed by atoms with van der Waals surface area (Å²) in [6, 6.07) is 20.2. The Hall–Kier alpha value is -4.98. The van der Waals surface area contributed by atoms with Crippen LogP contribution in [-0.4, -0.2) is 39.9 Å². The van der Waals surface area contributed by atoms with Crippen LogP contribution < -0.4 is 5.48 Å². The number of nitrogens with one attached hydrogen (secondary N) is 2. The van der Waals surface area contributed by atoms with Gasteiger partial charge in [0.05, 0.1) is 0 Å². The number of allylic oxidation sites excluding steroid dienone is 1. The fraction of sp³-hybridized carbons (Fsp3) is 0.235. The van der Waals surface area contributed by atoms with E-state index in [1.807, 2.05) is 54.6 Å². The molecule has 2 aromatic heterocycles.